The first-order valence-electron chi connectivity index (χ1n) is 6.31. The largest absolute Gasteiger partial charge is 0.480 e. The van der Waals surface area contributed by atoms with E-state index >= 15 is 0 Å². The van der Waals surface area contributed by atoms with Gasteiger partial charge in [-0.25, -0.2) is 0 Å². The van der Waals surface area contributed by atoms with Gasteiger partial charge in [0.15, 0.2) is 0 Å². The smallest absolute Gasteiger partial charge is 0.233 e. The van der Waals surface area contributed by atoms with Crippen LogP contribution in [-0.2, 0) is 13.5 Å². The molecule has 19 heavy (non-hydrogen) atoms. The highest BCUT2D eigenvalue weighted by atomic mass is 16.5. The molecule has 0 fully saturated rings. The fourth-order valence-electron chi connectivity index (χ4n) is 1.97. The summed E-state index contributed by atoms with van der Waals surface area (Å²) in [6.07, 6.45) is 4.73. The Hall–Kier alpha value is -1.95. The Bertz CT molecular complexity index is 508. The Morgan fingerprint density at radius 2 is 2.21 bits per heavy atom. The van der Waals surface area contributed by atoms with Gasteiger partial charge >= 0.3 is 0 Å². The number of rotatable bonds is 6. The first kappa shape index (κ1) is 13.5. The number of nitrogens with zero attached hydrogens (tertiary/aromatic N) is 4. The van der Waals surface area contributed by atoms with Crippen molar-refractivity contribution in [1.82, 2.24) is 25.3 Å². The fraction of sp³-hybridized carbons (Fsp3) is 0.462. The Labute approximate surface area is 112 Å². The molecule has 102 valence electrons. The van der Waals surface area contributed by atoms with Crippen LogP contribution in [0.5, 0.6) is 5.88 Å². The lowest BCUT2D eigenvalue weighted by Gasteiger charge is -2.16. The number of hydrogen-bond donors (Lipinski definition) is 1. The zero-order valence-corrected chi connectivity index (χ0v) is 11.5. The fourth-order valence-corrected chi connectivity index (χ4v) is 1.97. The first-order valence-corrected chi connectivity index (χ1v) is 6.31. The van der Waals surface area contributed by atoms with Crippen LogP contribution in [0.2, 0.25) is 0 Å². The van der Waals surface area contributed by atoms with Gasteiger partial charge in [0.05, 0.1) is 25.0 Å². The summed E-state index contributed by atoms with van der Waals surface area (Å²) in [7, 11) is 3.50. The van der Waals surface area contributed by atoms with E-state index in [9.17, 15) is 0 Å². The maximum Gasteiger partial charge on any atom is 0.233 e. The molecule has 0 aliphatic heterocycles. The molecule has 0 aliphatic rings. The molecule has 1 N–H and O–H groups in total. The third kappa shape index (κ3) is 3.51. The first-order chi connectivity index (χ1) is 9.22. The predicted molar refractivity (Wildman–Crippen MR) is 71.9 cm³/mol. The van der Waals surface area contributed by atoms with Crippen LogP contribution >= 0.6 is 0 Å². The molecule has 6 nitrogen and oxygen atoms in total. The average molecular weight is 261 g/mol. The molecular formula is C13H19N5O. The standard InChI is InChI=1S/C13H19N5O/c1-4-14-12(7-10-8-15-18(2)9-10)11-5-6-13(19-3)17-16-11/h5-6,8-9,12,14H,4,7H2,1-3H3. The van der Waals surface area contributed by atoms with E-state index in [0.717, 1.165) is 18.7 Å². The molecule has 0 saturated carbocycles. The van der Waals surface area contributed by atoms with Gasteiger partial charge in [0.2, 0.25) is 5.88 Å². The molecule has 2 heterocycles. The molecule has 0 aromatic carbocycles. The summed E-state index contributed by atoms with van der Waals surface area (Å²) >= 11 is 0. The van der Waals surface area contributed by atoms with Crippen molar-refractivity contribution in [2.45, 2.75) is 19.4 Å². The number of nitrogens with one attached hydrogen (secondary N) is 1. The van der Waals surface area contributed by atoms with Crippen molar-refractivity contribution in [1.29, 1.82) is 0 Å². The van der Waals surface area contributed by atoms with E-state index in [2.05, 4.69) is 27.5 Å². The van der Waals surface area contributed by atoms with Crippen LogP contribution in [0.3, 0.4) is 0 Å². The van der Waals surface area contributed by atoms with Crippen molar-refractivity contribution in [2.24, 2.45) is 7.05 Å². The summed E-state index contributed by atoms with van der Waals surface area (Å²) in [6.45, 7) is 2.95. The van der Waals surface area contributed by atoms with Crippen LogP contribution < -0.4 is 10.1 Å². The monoisotopic (exact) mass is 261 g/mol. The topological polar surface area (TPSA) is 64.9 Å². The highest BCUT2D eigenvalue weighted by Gasteiger charge is 2.14. The van der Waals surface area contributed by atoms with Crippen LogP contribution in [0.1, 0.15) is 24.2 Å². The Balaban J connectivity index is 2.13. The summed E-state index contributed by atoms with van der Waals surface area (Å²) in [4.78, 5) is 0. The van der Waals surface area contributed by atoms with Crippen molar-refractivity contribution in [2.75, 3.05) is 13.7 Å². The summed E-state index contributed by atoms with van der Waals surface area (Å²) < 4.78 is 6.83. The SMILES string of the molecule is CCNC(Cc1cnn(C)c1)c1ccc(OC)nn1. The molecule has 2 rings (SSSR count). The molecule has 0 radical (unpaired) electrons. The number of aryl methyl sites for hydroxylation is 1. The minimum Gasteiger partial charge on any atom is -0.480 e. The summed E-state index contributed by atoms with van der Waals surface area (Å²) in [5.74, 6) is 0.528. The van der Waals surface area contributed by atoms with Gasteiger partial charge in [-0.3, -0.25) is 4.68 Å². The Morgan fingerprint density at radius 1 is 1.37 bits per heavy atom. The molecule has 0 bridgehead atoms. The molecule has 0 spiro atoms. The van der Waals surface area contributed by atoms with Crippen LogP contribution in [-0.4, -0.2) is 33.6 Å². The number of methoxy groups -OCH3 is 1. The molecule has 0 saturated heterocycles. The van der Waals surface area contributed by atoms with Crippen molar-refractivity contribution in [3.63, 3.8) is 0 Å². The number of hydrogen-bond acceptors (Lipinski definition) is 5. The molecule has 2 aromatic rings. The second kappa shape index (κ2) is 6.29. The Morgan fingerprint density at radius 3 is 2.74 bits per heavy atom. The lowest BCUT2D eigenvalue weighted by molar-refractivity contribution is 0.389. The second-order valence-corrected chi connectivity index (χ2v) is 4.34. The van der Waals surface area contributed by atoms with Gasteiger partial charge in [-0.15, -0.1) is 5.10 Å². The lowest BCUT2D eigenvalue weighted by Crippen LogP contribution is -2.24. The van der Waals surface area contributed by atoms with Crippen molar-refractivity contribution < 1.29 is 4.74 Å². The van der Waals surface area contributed by atoms with Gasteiger partial charge in [0, 0.05) is 19.3 Å². The zero-order chi connectivity index (χ0) is 13.7. The van der Waals surface area contributed by atoms with Gasteiger partial charge in [0.25, 0.3) is 0 Å². The van der Waals surface area contributed by atoms with E-state index < -0.39 is 0 Å². The van der Waals surface area contributed by atoms with Gasteiger partial charge in [0.1, 0.15) is 0 Å². The summed E-state index contributed by atoms with van der Waals surface area (Å²) in [5, 5.41) is 15.8. The van der Waals surface area contributed by atoms with Crippen LogP contribution in [0.25, 0.3) is 0 Å². The molecule has 1 atom stereocenters. The zero-order valence-electron chi connectivity index (χ0n) is 11.5. The second-order valence-electron chi connectivity index (χ2n) is 4.34. The highest BCUT2D eigenvalue weighted by molar-refractivity contribution is 5.17. The van der Waals surface area contributed by atoms with Crippen molar-refractivity contribution >= 4 is 0 Å². The minimum absolute atomic E-state index is 0.132. The van der Waals surface area contributed by atoms with Crippen molar-refractivity contribution in [3.8, 4) is 5.88 Å². The van der Waals surface area contributed by atoms with E-state index in [1.165, 1.54) is 5.56 Å². The Kier molecular flexibility index (Phi) is 4.46. The average Bonchev–Trinajstić information content (AvgIpc) is 2.84. The van der Waals surface area contributed by atoms with E-state index in [4.69, 9.17) is 4.74 Å². The van der Waals surface area contributed by atoms with Crippen LogP contribution in [0, 0.1) is 0 Å². The molecule has 1 unspecified atom stereocenters. The maximum atomic E-state index is 5.02. The highest BCUT2D eigenvalue weighted by Crippen LogP contribution is 2.17. The van der Waals surface area contributed by atoms with Gasteiger partial charge in [-0.05, 0) is 24.6 Å². The third-order valence-corrected chi connectivity index (χ3v) is 2.88. The lowest BCUT2D eigenvalue weighted by atomic mass is 10.1. The predicted octanol–water partition coefficient (Wildman–Crippen LogP) is 1.11. The third-order valence-electron chi connectivity index (χ3n) is 2.88. The molecule has 0 aliphatic carbocycles. The summed E-state index contributed by atoms with van der Waals surface area (Å²) in [5.41, 5.74) is 2.08. The number of ether oxygens (including phenoxy) is 1. The van der Waals surface area contributed by atoms with E-state index in [1.807, 2.05) is 31.6 Å². The maximum absolute atomic E-state index is 5.02. The molecule has 6 heteroatoms. The summed E-state index contributed by atoms with van der Waals surface area (Å²) in [6, 6.07) is 3.90. The van der Waals surface area contributed by atoms with Gasteiger partial charge < -0.3 is 10.1 Å². The molecular weight excluding hydrogens is 242 g/mol. The molecule has 0 amide bonds. The van der Waals surface area contributed by atoms with Crippen LogP contribution in [0.15, 0.2) is 24.5 Å². The molecule has 2 aromatic heterocycles. The van der Waals surface area contributed by atoms with E-state index in [-0.39, 0.29) is 6.04 Å². The number of likely N-dealkylation sites (N-methyl/N-ethyl adjacent to an activating group) is 1. The van der Waals surface area contributed by atoms with E-state index in [0.29, 0.717) is 5.88 Å². The van der Waals surface area contributed by atoms with Crippen molar-refractivity contribution in [3.05, 3.63) is 35.8 Å². The van der Waals surface area contributed by atoms with E-state index in [1.54, 1.807) is 11.8 Å². The van der Waals surface area contributed by atoms with Crippen LogP contribution in [0.4, 0.5) is 0 Å². The van der Waals surface area contributed by atoms with Gasteiger partial charge in [-0.1, -0.05) is 6.92 Å². The normalized spacial score (nSPS) is 12.4. The minimum atomic E-state index is 0.132. The van der Waals surface area contributed by atoms with Gasteiger partial charge in [-0.2, -0.15) is 10.2 Å². The quantitative estimate of drug-likeness (QED) is 0.844. The number of aromatic nitrogens is 4.